The first-order chi connectivity index (χ1) is 9.34. The molecule has 0 unspecified atom stereocenters. The highest BCUT2D eigenvalue weighted by Gasteiger charge is 2.28. The molecule has 1 aromatic rings. The van der Waals surface area contributed by atoms with Gasteiger partial charge in [0.25, 0.3) is 0 Å². The number of aldehydes is 1. The summed E-state index contributed by atoms with van der Waals surface area (Å²) in [4.78, 5) is 10.6. The molecule has 0 saturated carbocycles. The SMILES string of the molecule is CC(C)OP(=O)(COc1ccc(C=O)cc1)OC(C)C. The lowest BCUT2D eigenvalue weighted by molar-refractivity contribution is 0.112. The predicted molar refractivity (Wildman–Crippen MR) is 77.4 cm³/mol. The molecule has 0 aromatic heterocycles. The van der Waals surface area contributed by atoms with Gasteiger partial charge in [-0.05, 0) is 52.0 Å². The second-order valence-corrected chi connectivity index (χ2v) is 6.78. The smallest absolute Gasteiger partial charge is 0.368 e. The van der Waals surface area contributed by atoms with Crippen molar-refractivity contribution in [3.63, 3.8) is 0 Å². The fourth-order valence-electron chi connectivity index (χ4n) is 1.52. The Morgan fingerprint density at radius 1 is 1.05 bits per heavy atom. The molecule has 0 atom stereocenters. The maximum Gasteiger partial charge on any atom is 0.368 e. The fourth-order valence-corrected chi connectivity index (χ4v) is 3.29. The average molecular weight is 300 g/mol. The van der Waals surface area contributed by atoms with Gasteiger partial charge in [0.1, 0.15) is 12.0 Å². The molecule has 0 aliphatic heterocycles. The highest BCUT2D eigenvalue weighted by Crippen LogP contribution is 2.50. The van der Waals surface area contributed by atoms with E-state index in [1.54, 1.807) is 52.0 Å². The van der Waals surface area contributed by atoms with Crippen LogP contribution in [0.5, 0.6) is 5.75 Å². The molecule has 0 saturated heterocycles. The number of rotatable bonds is 8. The summed E-state index contributed by atoms with van der Waals surface area (Å²) >= 11 is 0. The Labute approximate surface area is 119 Å². The summed E-state index contributed by atoms with van der Waals surface area (Å²) < 4.78 is 28.7. The van der Waals surface area contributed by atoms with Crippen molar-refractivity contribution in [3.8, 4) is 5.75 Å². The van der Waals surface area contributed by atoms with Crippen LogP contribution in [0.1, 0.15) is 38.1 Å². The first-order valence-electron chi connectivity index (χ1n) is 6.48. The van der Waals surface area contributed by atoms with Crippen LogP contribution in [0, 0.1) is 0 Å². The van der Waals surface area contributed by atoms with Crippen molar-refractivity contribution in [2.75, 3.05) is 6.35 Å². The van der Waals surface area contributed by atoms with Crippen molar-refractivity contribution < 1.29 is 23.1 Å². The van der Waals surface area contributed by atoms with Crippen LogP contribution >= 0.6 is 7.60 Å². The molecule has 5 nitrogen and oxygen atoms in total. The van der Waals surface area contributed by atoms with Crippen LogP contribution in [-0.2, 0) is 13.6 Å². The Morgan fingerprint density at radius 3 is 1.95 bits per heavy atom. The van der Waals surface area contributed by atoms with E-state index < -0.39 is 7.60 Å². The maximum atomic E-state index is 12.5. The van der Waals surface area contributed by atoms with Crippen LogP contribution in [0.15, 0.2) is 24.3 Å². The lowest BCUT2D eigenvalue weighted by atomic mass is 10.2. The summed E-state index contributed by atoms with van der Waals surface area (Å²) in [6.45, 7) is 7.15. The normalized spacial score (nSPS) is 11.9. The second kappa shape index (κ2) is 7.58. The summed E-state index contributed by atoms with van der Waals surface area (Å²) in [7, 11) is -3.31. The van der Waals surface area contributed by atoms with Gasteiger partial charge in [-0.2, -0.15) is 0 Å². The first-order valence-corrected chi connectivity index (χ1v) is 8.21. The van der Waals surface area contributed by atoms with Crippen molar-refractivity contribution in [2.24, 2.45) is 0 Å². The predicted octanol–water partition coefficient (Wildman–Crippen LogP) is 3.88. The molecule has 0 radical (unpaired) electrons. The molecule has 112 valence electrons. The van der Waals surface area contributed by atoms with Gasteiger partial charge in [-0.3, -0.25) is 9.36 Å². The monoisotopic (exact) mass is 300 g/mol. The van der Waals surface area contributed by atoms with Gasteiger partial charge in [-0.25, -0.2) is 0 Å². The molecule has 0 aliphatic carbocycles. The summed E-state index contributed by atoms with van der Waals surface area (Å²) in [6, 6.07) is 6.53. The topological polar surface area (TPSA) is 61.8 Å². The lowest BCUT2D eigenvalue weighted by Crippen LogP contribution is -2.13. The van der Waals surface area contributed by atoms with Crippen molar-refractivity contribution in [3.05, 3.63) is 29.8 Å². The zero-order valence-electron chi connectivity index (χ0n) is 12.2. The third-order valence-corrected chi connectivity index (χ3v) is 4.08. The van der Waals surface area contributed by atoms with E-state index in [4.69, 9.17) is 13.8 Å². The van der Waals surface area contributed by atoms with Crippen LogP contribution in [0.2, 0.25) is 0 Å². The zero-order chi connectivity index (χ0) is 15.2. The number of benzene rings is 1. The minimum Gasteiger partial charge on any atom is -0.481 e. The van der Waals surface area contributed by atoms with Gasteiger partial charge in [0, 0.05) is 5.56 Å². The zero-order valence-corrected chi connectivity index (χ0v) is 13.1. The van der Waals surface area contributed by atoms with Gasteiger partial charge in [0.05, 0.1) is 12.2 Å². The van der Waals surface area contributed by atoms with Gasteiger partial charge in [0.15, 0.2) is 6.35 Å². The maximum absolute atomic E-state index is 12.5. The van der Waals surface area contributed by atoms with Gasteiger partial charge in [-0.15, -0.1) is 0 Å². The summed E-state index contributed by atoms with van der Waals surface area (Å²) in [6.07, 6.45) is 0.142. The molecule has 1 rings (SSSR count). The third kappa shape index (κ3) is 5.87. The van der Waals surface area contributed by atoms with Gasteiger partial charge >= 0.3 is 7.60 Å². The van der Waals surface area contributed by atoms with E-state index in [1.165, 1.54) is 0 Å². The highest BCUT2D eigenvalue weighted by molar-refractivity contribution is 7.53. The molecule has 1 aromatic carbocycles. The number of hydrogen-bond acceptors (Lipinski definition) is 5. The van der Waals surface area contributed by atoms with E-state index in [9.17, 15) is 9.36 Å². The van der Waals surface area contributed by atoms with Gasteiger partial charge < -0.3 is 13.8 Å². The number of carbonyl (C=O) groups is 1. The Balaban J connectivity index is 2.69. The van der Waals surface area contributed by atoms with Crippen LogP contribution in [0.4, 0.5) is 0 Å². The Kier molecular flexibility index (Phi) is 6.40. The molecule has 0 heterocycles. The molecule has 20 heavy (non-hydrogen) atoms. The standard InChI is InChI=1S/C14H21O5P/c1-11(2)18-20(16,19-12(3)4)10-17-14-7-5-13(9-15)6-8-14/h5-9,11-12H,10H2,1-4H3. The van der Waals surface area contributed by atoms with Crippen LogP contribution in [0.3, 0.4) is 0 Å². The van der Waals surface area contributed by atoms with Crippen molar-refractivity contribution in [1.82, 2.24) is 0 Å². The van der Waals surface area contributed by atoms with Crippen molar-refractivity contribution in [2.45, 2.75) is 39.9 Å². The summed E-state index contributed by atoms with van der Waals surface area (Å²) in [5.41, 5.74) is 0.553. The largest absolute Gasteiger partial charge is 0.481 e. The molecule has 6 heteroatoms. The van der Waals surface area contributed by atoms with E-state index in [-0.39, 0.29) is 18.6 Å². The molecule has 0 aliphatic rings. The molecule has 0 spiro atoms. The quantitative estimate of drug-likeness (QED) is 0.538. The first kappa shape index (κ1) is 16.9. The Hall–Kier alpha value is -1.16. The number of hydrogen-bond donors (Lipinski definition) is 0. The van der Waals surface area contributed by atoms with E-state index in [0.717, 1.165) is 6.29 Å². The van der Waals surface area contributed by atoms with Crippen LogP contribution < -0.4 is 4.74 Å². The minimum atomic E-state index is -3.31. The average Bonchev–Trinajstić information content (AvgIpc) is 2.35. The second-order valence-electron chi connectivity index (χ2n) is 4.88. The van der Waals surface area contributed by atoms with Crippen molar-refractivity contribution in [1.29, 1.82) is 0 Å². The van der Waals surface area contributed by atoms with E-state index in [2.05, 4.69) is 0 Å². The van der Waals surface area contributed by atoms with E-state index >= 15 is 0 Å². The molecular weight excluding hydrogens is 279 g/mol. The molecule has 0 N–H and O–H groups in total. The number of ether oxygens (including phenoxy) is 1. The summed E-state index contributed by atoms with van der Waals surface area (Å²) in [5.74, 6) is 0.510. The minimum absolute atomic E-state index is 0.163. The molecule has 0 bridgehead atoms. The summed E-state index contributed by atoms with van der Waals surface area (Å²) in [5, 5.41) is 0. The van der Waals surface area contributed by atoms with Gasteiger partial charge in [-0.1, -0.05) is 0 Å². The van der Waals surface area contributed by atoms with Gasteiger partial charge in [0.2, 0.25) is 0 Å². The Morgan fingerprint density at radius 2 is 1.55 bits per heavy atom. The molecular formula is C14H21O5P. The molecule has 0 fully saturated rings. The fraction of sp³-hybridized carbons (Fsp3) is 0.500. The Bertz CT molecular complexity index is 453. The van der Waals surface area contributed by atoms with Crippen LogP contribution in [-0.4, -0.2) is 24.8 Å². The van der Waals surface area contributed by atoms with E-state index in [0.29, 0.717) is 11.3 Å². The highest BCUT2D eigenvalue weighted by atomic mass is 31.2. The third-order valence-electron chi connectivity index (χ3n) is 2.15. The van der Waals surface area contributed by atoms with Crippen LogP contribution in [0.25, 0.3) is 0 Å². The van der Waals surface area contributed by atoms with Crippen molar-refractivity contribution >= 4 is 13.9 Å². The number of carbonyl (C=O) groups excluding carboxylic acids is 1. The lowest BCUT2D eigenvalue weighted by Gasteiger charge is -2.22. The molecule has 0 amide bonds. The van der Waals surface area contributed by atoms with E-state index in [1.807, 2.05) is 0 Å².